The van der Waals surface area contributed by atoms with Gasteiger partial charge in [0.2, 0.25) is 0 Å². The third-order valence-corrected chi connectivity index (χ3v) is 3.62. The SMILES string of the molecule is O=[N+]([O-])c1c(I)cccc1S(=O)(=O)Cl. The highest BCUT2D eigenvalue weighted by molar-refractivity contribution is 14.1. The molecule has 0 bridgehead atoms. The molecule has 0 unspecified atom stereocenters. The molecule has 0 saturated heterocycles. The van der Waals surface area contributed by atoms with Gasteiger partial charge in [-0.05, 0) is 34.7 Å². The molecule has 1 aromatic carbocycles. The minimum absolute atomic E-state index is 0.231. The summed E-state index contributed by atoms with van der Waals surface area (Å²) in [5, 5.41) is 10.6. The van der Waals surface area contributed by atoms with Gasteiger partial charge in [-0.15, -0.1) is 0 Å². The first-order valence-electron chi connectivity index (χ1n) is 3.21. The van der Waals surface area contributed by atoms with Crippen LogP contribution < -0.4 is 0 Å². The topological polar surface area (TPSA) is 77.3 Å². The third-order valence-electron chi connectivity index (χ3n) is 1.40. The number of hydrogen-bond donors (Lipinski definition) is 0. The lowest BCUT2D eigenvalue weighted by Gasteiger charge is -1.99. The summed E-state index contributed by atoms with van der Waals surface area (Å²) in [7, 11) is 0.969. The first-order chi connectivity index (χ1) is 6.34. The average molecular weight is 348 g/mol. The number of nitrogens with zero attached hydrogens (tertiary/aromatic N) is 1. The van der Waals surface area contributed by atoms with Crippen molar-refractivity contribution in [3.8, 4) is 0 Å². The molecule has 0 fully saturated rings. The Bertz CT molecular complexity index is 487. The lowest BCUT2D eigenvalue weighted by Crippen LogP contribution is -2.00. The summed E-state index contributed by atoms with van der Waals surface area (Å²) in [5.41, 5.74) is -0.483. The Morgan fingerprint density at radius 3 is 2.36 bits per heavy atom. The van der Waals surface area contributed by atoms with Crippen LogP contribution in [0.3, 0.4) is 0 Å². The number of halogens is 2. The van der Waals surface area contributed by atoms with E-state index in [1.807, 2.05) is 0 Å². The fourth-order valence-electron chi connectivity index (χ4n) is 0.869. The molecular weight excluding hydrogens is 344 g/mol. The van der Waals surface area contributed by atoms with Crippen LogP contribution in [-0.2, 0) is 9.05 Å². The van der Waals surface area contributed by atoms with Crippen molar-refractivity contribution in [2.75, 3.05) is 0 Å². The van der Waals surface area contributed by atoms with Crippen LogP contribution in [0.5, 0.6) is 0 Å². The van der Waals surface area contributed by atoms with Gasteiger partial charge in [0.1, 0.15) is 0 Å². The zero-order chi connectivity index (χ0) is 10.9. The normalized spacial score (nSPS) is 11.3. The largest absolute Gasteiger partial charge is 0.302 e. The lowest BCUT2D eigenvalue weighted by atomic mass is 10.3. The van der Waals surface area contributed by atoms with Crippen LogP contribution in [0.25, 0.3) is 0 Å². The number of benzene rings is 1. The fraction of sp³-hybridized carbons (Fsp3) is 0. The monoisotopic (exact) mass is 347 g/mol. The fourth-order valence-corrected chi connectivity index (χ4v) is 2.78. The van der Waals surface area contributed by atoms with Crippen LogP contribution in [0.4, 0.5) is 5.69 Å². The van der Waals surface area contributed by atoms with Gasteiger partial charge in [-0.2, -0.15) is 0 Å². The van der Waals surface area contributed by atoms with E-state index in [-0.39, 0.29) is 3.57 Å². The van der Waals surface area contributed by atoms with Gasteiger partial charge in [0.05, 0.1) is 8.49 Å². The minimum atomic E-state index is -4.08. The molecule has 0 radical (unpaired) electrons. The molecule has 0 spiro atoms. The highest BCUT2D eigenvalue weighted by Crippen LogP contribution is 2.30. The molecule has 0 heterocycles. The summed E-state index contributed by atoms with van der Waals surface area (Å²) in [4.78, 5) is 9.32. The molecular formula is C6H3ClINO4S. The van der Waals surface area contributed by atoms with Gasteiger partial charge in [0.15, 0.2) is 4.90 Å². The summed E-state index contributed by atoms with van der Waals surface area (Å²) in [6.45, 7) is 0. The van der Waals surface area contributed by atoms with E-state index in [1.54, 1.807) is 22.6 Å². The van der Waals surface area contributed by atoms with E-state index in [9.17, 15) is 18.5 Å². The number of nitro groups is 1. The second-order valence-electron chi connectivity index (χ2n) is 2.28. The molecule has 0 aliphatic rings. The van der Waals surface area contributed by atoms with Crippen molar-refractivity contribution in [2.45, 2.75) is 4.90 Å². The van der Waals surface area contributed by atoms with Gasteiger partial charge < -0.3 is 0 Å². The van der Waals surface area contributed by atoms with Gasteiger partial charge >= 0.3 is 5.69 Å². The Morgan fingerprint density at radius 1 is 1.43 bits per heavy atom. The van der Waals surface area contributed by atoms with E-state index in [0.717, 1.165) is 6.07 Å². The Hall–Kier alpha value is -0.410. The molecule has 0 aliphatic carbocycles. The van der Waals surface area contributed by atoms with Crippen molar-refractivity contribution in [1.82, 2.24) is 0 Å². The molecule has 76 valence electrons. The predicted octanol–water partition coefficient (Wildman–Crippen LogP) is 2.13. The molecule has 1 aromatic rings. The van der Waals surface area contributed by atoms with Crippen molar-refractivity contribution in [1.29, 1.82) is 0 Å². The highest BCUT2D eigenvalue weighted by atomic mass is 127. The van der Waals surface area contributed by atoms with Crippen molar-refractivity contribution < 1.29 is 13.3 Å². The number of hydrogen-bond acceptors (Lipinski definition) is 4. The van der Waals surface area contributed by atoms with Gasteiger partial charge in [-0.3, -0.25) is 10.1 Å². The molecule has 0 aliphatic heterocycles. The Morgan fingerprint density at radius 2 is 2.00 bits per heavy atom. The van der Waals surface area contributed by atoms with Gasteiger partial charge in [0, 0.05) is 10.7 Å². The molecule has 1 rings (SSSR count). The molecule has 8 heteroatoms. The zero-order valence-corrected chi connectivity index (χ0v) is 10.2. The van der Waals surface area contributed by atoms with Crippen LogP contribution in [0.1, 0.15) is 0 Å². The van der Waals surface area contributed by atoms with E-state index >= 15 is 0 Å². The van der Waals surface area contributed by atoms with Crippen molar-refractivity contribution >= 4 is 48.0 Å². The maximum Gasteiger partial charge on any atom is 0.302 e. The van der Waals surface area contributed by atoms with Gasteiger partial charge in [-0.1, -0.05) is 6.07 Å². The zero-order valence-electron chi connectivity index (χ0n) is 6.48. The molecule has 0 N–H and O–H groups in total. The van der Waals surface area contributed by atoms with E-state index < -0.39 is 24.6 Å². The van der Waals surface area contributed by atoms with Crippen LogP contribution in [0.2, 0.25) is 0 Å². The summed E-state index contributed by atoms with van der Waals surface area (Å²) >= 11 is 1.68. The maximum atomic E-state index is 11.0. The molecule has 0 aromatic heterocycles. The molecule has 5 nitrogen and oxygen atoms in total. The summed E-state index contributed by atoms with van der Waals surface area (Å²) in [6, 6.07) is 3.93. The molecule has 0 atom stereocenters. The first-order valence-corrected chi connectivity index (χ1v) is 6.60. The van der Waals surface area contributed by atoms with Crippen LogP contribution in [0, 0.1) is 13.7 Å². The van der Waals surface area contributed by atoms with Crippen LogP contribution in [-0.4, -0.2) is 13.3 Å². The highest BCUT2D eigenvalue weighted by Gasteiger charge is 2.26. The van der Waals surface area contributed by atoms with E-state index in [0.29, 0.717) is 0 Å². The Labute approximate surface area is 97.8 Å². The van der Waals surface area contributed by atoms with E-state index in [2.05, 4.69) is 0 Å². The molecule has 0 amide bonds. The van der Waals surface area contributed by atoms with Crippen molar-refractivity contribution in [3.05, 3.63) is 31.9 Å². The number of rotatable bonds is 2. The second-order valence-corrected chi connectivity index (χ2v) is 5.98. The van der Waals surface area contributed by atoms with Crippen molar-refractivity contribution in [2.24, 2.45) is 0 Å². The number of nitro benzene ring substituents is 1. The quantitative estimate of drug-likeness (QED) is 0.355. The van der Waals surface area contributed by atoms with Crippen LogP contribution >= 0.6 is 33.3 Å². The van der Waals surface area contributed by atoms with Crippen molar-refractivity contribution in [3.63, 3.8) is 0 Å². The Kier molecular flexibility index (Phi) is 3.32. The third kappa shape index (κ3) is 2.34. The van der Waals surface area contributed by atoms with Crippen LogP contribution in [0.15, 0.2) is 23.1 Å². The first kappa shape index (κ1) is 11.7. The summed E-state index contributed by atoms with van der Waals surface area (Å²) in [6.07, 6.45) is 0. The smallest absolute Gasteiger partial charge is 0.258 e. The standard InChI is InChI=1S/C6H3ClINO4S/c7-14(12,13)5-3-1-2-4(8)6(5)9(10)11/h1-3H. The Balaban J connectivity index is 3.61. The van der Waals surface area contributed by atoms with E-state index in [1.165, 1.54) is 12.1 Å². The minimum Gasteiger partial charge on any atom is -0.258 e. The lowest BCUT2D eigenvalue weighted by molar-refractivity contribution is -0.388. The molecule has 0 saturated carbocycles. The maximum absolute atomic E-state index is 11.0. The van der Waals surface area contributed by atoms with E-state index in [4.69, 9.17) is 10.7 Å². The molecule has 14 heavy (non-hydrogen) atoms. The summed E-state index contributed by atoms with van der Waals surface area (Å²) < 4.78 is 22.2. The predicted molar refractivity (Wildman–Crippen MR) is 58.9 cm³/mol. The summed E-state index contributed by atoms with van der Waals surface area (Å²) in [5.74, 6) is 0. The van der Waals surface area contributed by atoms with Gasteiger partial charge in [0.25, 0.3) is 9.05 Å². The second kappa shape index (κ2) is 3.99. The number of para-hydroxylation sites is 1. The van der Waals surface area contributed by atoms with Gasteiger partial charge in [-0.25, -0.2) is 8.42 Å². The average Bonchev–Trinajstić information content (AvgIpc) is 2.01.